The number of piperidine rings is 1. The van der Waals surface area contributed by atoms with Crippen LogP contribution in [0.25, 0.3) is 0 Å². The number of halogens is 2. The van der Waals surface area contributed by atoms with Gasteiger partial charge >= 0.3 is 0 Å². The fourth-order valence-corrected chi connectivity index (χ4v) is 2.94. The minimum atomic E-state index is 0. The first-order valence-corrected chi connectivity index (χ1v) is 8.21. The average Bonchev–Trinajstić information content (AvgIpc) is 2.49. The maximum Gasteiger partial charge on any atom is 0.122 e. The van der Waals surface area contributed by atoms with Crippen LogP contribution in [0.4, 0.5) is 0 Å². The zero-order chi connectivity index (χ0) is 14.4. The van der Waals surface area contributed by atoms with Crippen molar-refractivity contribution in [3.63, 3.8) is 0 Å². The summed E-state index contributed by atoms with van der Waals surface area (Å²) in [7, 11) is 0. The average molecular weight is 332 g/mol. The van der Waals surface area contributed by atoms with Crippen molar-refractivity contribution in [2.45, 2.75) is 45.4 Å². The Kier molecular flexibility index (Phi) is 8.46. The molecule has 1 unspecified atom stereocenters. The van der Waals surface area contributed by atoms with Crippen LogP contribution in [0.1, 0.15) is 51.0 Å². The molecule has 0 bridgehead atoms. The van der Waals surface area contributed by atoms with Crippen molar-refractivity contribution < 1.29 is 4.74 Å². The van der Waals surface area contributed by atoms with Gasteiger partial charge < -0.3 is 10.1 Å². The Balaban J connectivity index is 0.00000220. The predicted octanol–water partition coefficient (Wildman–Crippen LogP) is 5.04. The van der Waals surface area contributed by atoms with Crippen LogP contribution in [0, 0.1) is 5.92 Å². The molecule has 0 radical (unpaired) electrons. The van der Waals surface area contributed by atoms with E-state index in [1.165, 1.54) is 18.4 Å². The summed E-state index contributed by atoms with van der Waals surface area (Å²) in [5, 5.41) is 4.20. The molecular weight excluding hydrogens is 305 g/mol. The molecule has 1 saturated heterocycles. The highest BCUT2D eigenvalue weighted by Crippen LogP contribution is 2.31. The summed E-state index contributed by atoms with van der Waals surface area (Å²) in [5.41, 5.74) is 1.24. The monoisotopic (exact) mass is 331 g/mol. The lowest BCUT2D eigenvalue weighted by Gasteiger charge is -2.23. The van der Waals surface area contributed by atoms with Gasteiger partial charge in [-0.15, -0.1) is 12.4 Å². The first kappa shape index (κ1) is 18.6. The fourth-order valence-electron chi connectivity index (χ4n) is 2.76. The van der Waals surface area contributed by atoms with Crippen LogP contribution in [0.2, 0.25) is 5.02 Å². The minimum Gasteiger partial charge on any atom is -0.493 e. The summed E-state index contributed by atoms with van der Waals surface area (Å²) in [6.45, 7) is 7.55. The molecule has 0 aromatic heterocycles. The maximum absolute atomic E-state index is 6.11. The third-order valence-electron chi connectivity index (χ3n) is 4.36. The SMILES string of the molecule is CCC(C)c1cc(Cl)ccc1OCCC1CCNCC1.Cl. The van der Waals surface area contributed by atoms with Crippen molar-refractivity contribution in [2.75, 3.05) is 19.7 Å². The second-order valence-electron chi connectivity index (χ2n) is 5.82. The molecule has 0 saturated carbocycles. The first-order chi connectivity index (χ1) is 9.70. The Morgan fingerprint density at radius 2 is 2.05 bits per heavy atom. The van der Waals surface area contributed by atoms with Gasteiger partial charge in [-0.05, 0) is 74.4 Å². The third kappa shape index (κ3) is 5.69. The molecule has 1 N–H and O–H groups in total. The Hall–Kier alpha value is -0.440. The lowest BCUT2D eigenvalue weighted by atomic mass is 9.95. The summed E-state index contributed by atoms with van der Waals surface area (Å²) in [5.74, 6) is 2.32. The number of rotatable bonds is 6. The molecule has 0 aliphatic carbocycles. The smallest absolute Gasteiger partial charge is 0.122 e. The molecule has 1 aliphatic heterocycles. The lowest BCUT2D eigenvalue weighted by molar-refractivity contribution is 0.249. The van der Waals surface area contributed by atoms with E-state index >= 15 is 0 Å². The van der Waals surface area contributed by atoms with Gasteiger partial charge in [-0.1, -0.05) is 25.4 Å². The van der Waals surface area contributed by atoms with E-state index in [0.29, 0.717) is 5.92 Å². The van der Waals surface area contributed by atoms with Crippen LogP contribution < -0.4 is 10.1 Å². The predicted molar refractivity (Wildman–Crippen MR) is 93.1 cm³/mol. The van der Waals surface area contributed by atoms with E-state index in [9.17, 15) is 0 Å². The quantitative estimate of drug-likeness (QED) is 0.788. The van der Waals surface area contributed by atoms with Crippen LogP contribution in [0.15, 0.2) is 18.2 Å². The molecule has 1 aromatic rings. The van der Waals surface area contributed by atoms with E-state index in [0.717, 1.165) is 49.2 Å². The molecule has 21 heavy (non-hydrogen) atoms. The van der Waals surface area contributed by atoms with E-state index in [1.54, 1.807) is 0 Å². The van der Waals surface area contributed by atoms with Crippen molar-refractivity contribution in [1.29, 1.82) is 0 Å². The van der Waals surface area contributed by atoms with Gasteiger partial charge in [0.2, 0.25) is 0 Å². The molecule has 1 aromatic carbocycles. The van der Waals surface area contributed by atoms with Crippen molar-refractivity contribution in [3.05, 3.63) is 28.8 Å². The Labute approximate surface area is 140 Å². The zero-order valence-electron chi connectivity index (χ0n) is 13.0. The van der Waals surface area contributed by atoms with Crippen LogP contribution in [0.5, 0.6) is 5.75 Å². The Morgan fingerprint density at radius 1 is 1.33 bits per heavy atom. The number of hydrogen-bond donors (Lipinski definition) is 1. The van der Waals surface area contributed by atoms with Gasteiger partial charge in [-0.3, -0.25) is 0 Å². The van der Waals surface area contributed by atoms with Crippen molar-refractivity contribution in [3.8, 4) is 5.75 Å². The maximum atomic E-state index is 6.11. The highest BCUT2D eigenvalue weighted by molar-refractivity contribution is 6.30. The molecule has 1 fully saturated rings. The van der Waals surface area contributed by atoms with E-state index in [1.807, 2.05) is 12.1 Å². The van der Waals surface area contributed by atoms with Crippen molar-refractivity contribution in [2.24, 2.45) is 5.92 Å². The van der Waals surface area contributed by atoms with E-state index in [2.05, 4.69) is 25.2 Å². The van der Waals surface area contributed by atoms with Crippen LogP contribution in [0.3, 0.4) is 0 Å². The summed E-state index contributed by atoms with van der Waals surface area (Å²) in [6.07, 6.45) is 4.82. The van der Waals surface area contributed by atoms with Gasteiger partial charge in [-0.25, -0.2) is 0 Å². The van der Waals surface area contributed by atoms with Crippen molar-refractivity contribution >= 4 is 24.0 Å². The van der Waals surface area contributed by atoms with Gasteiger partial charge in [0.05, 0.1) is 6.61 Å². The first-order valence-electron chi connectivity index (χ1n) is 7.83. The summed E-state index contributed by atoms with van der Waals surface area (Å²) < 4.78 is 6.04. The second kappa shape index (κ2) is 9.55. The topological polar surface area (TPSA) is 21.3 Å². The fraction of sp³-hybridized carbons (Fsp3) is 0.647. The Morgan fingerprint density at radius 3 is 2.71 bits per heavy atom. The molecule has 0 amide bonds. The normalized spacial score (nSPS) is 17.1. The van der Waals surface area contributed by atoms with E-state index < -0.39 is 0 Å². The number of hydrogen-bond acceptors (Lipinski definition) is 2. The standard InChI is InChI=1S/C17H26ClNO.ClH/c1-3-13(2)16-12-15(18)4-5-17(16)20-11-8-14-6-9-19-10-7-14;/h4-5,12-14,19H,3,6-11H2,1-2H3;1H. The molecule has 120 valence electrons. The second-order valence-corrected chi connectivity index (χ2v) is 6.26. The van der Waals surface area contributed by atoms with Gasteiger partial charge in [0.25, 0.3) is 0 Å². The number of ether oxygens (including phenoxy) is 1. The summed E-state index contributed by atoms with van der Waals surface area (Å²) in [4.78, 5) is 0. The molecule has 1 atom stereocenters. The minimum absolute atomic E-state index is 0. The number of benzene rings is 1. The summed E-state index contributed by atoms with van der Waals surface area (Å²) >= 11 is 6.11. The summed E-state index contributed by atoms with van der Waals surface area (Å²) in [6, 6.07) is 6.00. The van der Waals surface area contributed by atoms with E-state index in [-0.39, 0.29) is 12.4 Å². The highest BCUT2D eigenvalue weighted by atomic mass is 35.5. The highest BCUT2D eigenvalue weighted by Gasteiger charge is 2.14. The van der Waals surface area contributed by atoms with Gasteiger partial charge in [-0.2, -0.15) is 0 Å². The molecule has 2 rings (SSSR count). The third-order valence-corrected chi connectivity index (χ3v) is 4.59. The lowest BCUT2D eigenvalue weighted by Crippen LogP contribution is -2.28. The van der Waals surface area contributed by atoms with Gasteiger partial charge in [0.15, 0.2) is 0 Å². The number of nitrogens with one attached hydrogen (secondary N) is 1. The van der Waals surface area contributed by atoms with E-state index in [4.69, 9.17) is 16.3 Å². The Bertz CT molecular complexity index is 419. The van der Waals surface area contributed by atoms with Crippen LogP contribution in [-0.2, 0) is 0 Å². The molecule has 4 heteroatoms. The molecule has 1 heterocycles. The van der Waals surface area contributed by atoms with Crippen LogP contribution >= 0.6 is 24.0 Å². The van der Waals surface area contributed by atoms with Crippen LogP contribution in [-0.4, -0.2) is 19.7 Å². The van der Waals surface area contributed by atoms with Gasteiger partial charge in [0.1, 0.15) is 5.75 Å². The molecule has 0 spiro atoms. The zero-order valence-corrected chi connectivity index (χ0v) is 14.6. The van der Waals surface area contributed by atoms with Gasteiger partial charge in [0, 0.05) is 5.02 Å². The molecular formula is C17H27Cl2NO. The molecule has 2 nitrogen and oxygen atoms in total. The molecule has 1 aliphatic rings. The van der Waals surface area contributed by atoms with Crippen molar-refractivity contribution in [1.82, 2.24) is 5.32 Å². The largest absolute Gasteiger partial charge is 0.493 e.